The predicted molar refractivity (Wildman–Crippen MR) is 122 cm³/mol. The van der Waals surface area contributed by atoms with Crippen molar-refractivity contribution in [1.29, 1.82) is 0 Å². The highest BCUT2D eigenvalue weighted by molar-refractivity contribution is 7.17. The summed E-state index contributed by atoms with van der Waals surface area (Å²) in [6, 6.07) is 5.99. The van der Waals surface area contributed by atoms with E-state index in [2.05, 4.69) is 17.1 Å². The minimum Gasteiger partial charge on any atom is -0.490 e. The van der Waals surface area contributed by atoms with Gasteiger partial charge in [0.25, 0.3) is 5.89 Å². The van der Waals surface area contributed by atoms with Gasteiger partial charge in [-0.25, -0.2) is 0 Å². The first-order chi connectivity index (χ1) is 15.3. The average molecular weight is 457 g/mol. The Hall–Kier alpha value is -2.55. The highest BCUT2D eigenvalue weighted by Crippen LogP contribution is 2.34. The van der Waals surface area contributed by atoms with Crippen molar-refractivity contribution in [2.24, 2.45) is 0 Å². The van der Waals surface area contributed by atoms with Gasteiger partial charge in [0.2, 0.25) is 5.82 Å². The van der Waals surface area contributed by atoms with Crippen molar-refractivity contribution < 1.29 is 23.5 Å². The van der Waals surface area contributed by atoms with Gasteiger partial charge in [0.05, 0.1) is 16.4 Å². The van der Waals surface area contributed by atoms with Crippen molar-refractivity contribution in [2.45, 2.75) is 59.4 Å². The third kappa shape index (κ3) is 4.62. The molecule has 0 saturated carbocycles. The highest BCUT2D eigenvalue weighted by Gasteiger charge is 2.33. The lowest BCUT2D eigenvalue weighted by Gasteiger charge is -2.19. The van der Waals surface area contributed by atoms with Crippen molar-refractivity contribution in [3.05, 3.63) is 39.8 Å². The molecule has 0 bridgehead atoms. The molecule has 1 aliphatic rings. The molecule has 1 aromatic carbocycles. The van der Waals surface area contributed by atoms with E-state index in [1.54, 1.807) is 0 Å². The van der Waals surface area contributed by atoms with Crippen LogP contribution < -0.4 is 4.74 Å². The average Bonchev–Trinajstić information content (AvgIpc) is 3.49. The number of hydrogen-bond donors (Lipinski definition) is 0. The monoisotopic (exact) mass is 456 g/mol. The molecule has 1 atom stereocenters. The van der Waals surface area contributed by atoms with Crippen molar-refractivity contribution in [3.8, 4) is 27.9 Å². The number of ether oxygens (including phenoxy) is 3. The van der Waals surface area contributed by atoms with Crippen LogP contribution in [0.15, 0.2) is 22.7 Å². The molecule has 0 radical (unpaired) electrons. The summed E-state index contributed by atoms with van der Waals surface area (Å²) < 4.78 is 23.1. The number of rotatable bonds is 8. The van der Waals surface area contributed by atoms with Crippen LogP contribution in [0, 0.1) is 6.92 Å². The van der Waals surface area contributed by atoms with E-state index in [-0.39, 0.29) is 6.10 Å². The summed E-state index contributed by atoms with van der Waals surface area (Å²) in [6.07, 6.45) is 2.37. The Balaban J connectivity index is 1.55. The Morgan fingerprint density at radius 1 is 1.22 bits per heavy atom. The molecule has 1 saturated heterocycles. The zero-order valence-corrected chi connectivity index (χ0v) is 19.9. The molecule has 0 aliphatic carbocycles. The zero-order chi connectivity index (χ0) is 22.9. The van der Waals surface area contributed by atoms with Crippen LogP contribution in [-0.4, -0.2) is 41.5 Å². The van der Waals surface area contributed by atoms with Gasteiger partial charge in [-0.05, 0) is 68.5 Å². The molecule has 1 aliphatic heterocycles. The number of aldehydes is 1. The first-order valence-corrected chi connectivity index (χ1v) is 11.7. The van der Waals surface area contributed by atoms with Crippen LogP contribution in [0.4, 0.5) is 0 Å². The predicted octanol–water partition coefficient (Wildman–Crippen LogP) is 5.24. The quantitative estimate of drug-likeness (QED) is 0.429. The van der Waals surface area contributed by atoms with E-state index >= 15 is 0 Å². The first kappa shape index (κ1) is 22.6. The fraction of sp³-hybridized carbons (Fsp3) is 0.458. The summed E-state index contributed by atoms with van der Waals surface area (Å²) in [6.45, 7) is 10.9. The van der Waals surface area contributed by atoms with Crippen molar-refractivity contribution in [2.75, 3.05) is 13.2 Å². The van der Waals surface area contributed by atoms with Crippen LogP contribution in [0.2, 0.25) is 0 Å². The van der Waals surface area contributed by atoms with Gasteiger partial charge in [-0.15, -0.1) is 11.3 Å². The van der Waals surface area contributed by atoms with E-state index in [9.17, 15) is 4.79 Å². The lowest BCUT2D eigenvalue weighted by Crippen LogP contribution is -2.25. The summed E-state index contributed by atoms with van der Waals surface area (Å²) in [5.74, 6) is 1.22. The maximum absolute atomic E-state index is 11.3. The molecule has 0 spiro atoms. The number of thiophene rings is 1. The summed E-state index contributed by atoms with van der Waals surface area (Å²) >= 11 is 1.37. The number of benzene rings is 1. The standard InChI is InChI=1S/C24H28N2O5S/c1-6-15-10-19(32-20(15)11-27)23-25-22(26-31-23)17-8-14(3)21(16(7-2)9-17)28-12-18-13-29-24(4,5)30-18/h8-11,18H,6-7,12-13H2,1-5H3. The first-order valence-electron chi connectivity index (χ1n) is 10.8. The second kappa shape index (κ2) is 9.13. The molecule has 4 rings (SSSR count). The van der Waals surface area contributed by atoms with Crippen LogP contribution in [0.3, 0.4) is 0 Å². The Morgan fingerprint density at radius 2 is 2.00 bits per heavy atom. The molecule has 0 N–H and O–H groups in total. The number of carbonyl (C=O) groups excluding carboxylic acids is 1. The summed E-state index contributed by atoms with van der Waals surface area (Å²) in [7, 11) is 0. The Bertz CT molecular complexity index is 1120. The number of nitrogens with zero attached hydrogens (tertiary/aromatic N) is 2. The normalized spacial score (nSPS) is 17.6. The Labute approximate surface area is 191 Å². The highest BCUT2D eigenvalue weighted by atomic mass is 32.1. The number of aromatic nitrogens is 2. The van der Waals surface area contributed by atoms with Crippen LogP contribution in [0.5, 0.6) is 5.75 Å². The van der Waals surface area contributed by atoms with E-state index in [0.717, 1.165) is 52.0 Å². The maximum Gasteiger partial charge on any atom is 0.268 e. The third-order valence-corrected chi connectivity index (χ3v) is 6.53. The van der Waals surface area contributed by atoms with Gasteiger partial charge in [-0.2, -0.15) is 4.98 Å². The summed E-state index contributed by atoms with van der Waals surface area (Å²) in [4.78, 5) is 17.4. The van der Waals surface area contributed by atoms with Gasteiger partial charge in [-0.3, -0.25) is 4.79 Å². The summed E-state index contributed by atoms with van der Waals surface area (Å²) in [5, 5.41) is 4.18. The van der Waals surface area contributed by atoms with Gasteiger partial charge < -0.3 is 18.7 Å². The van der Waals surface area contributed by atoms with E-state index in [1.807, 2.05) is 45.9 Å². The molecule has 0 amide bonds. The number of carbonyl (C=O) groups is 1. The fourth-order valence-corrected chi connectivity index (χ4v) is 4.82. The van der Waals surface area contributed by atoms with E-state index < -0.39 is 5.79 Å². The smallest absolute Gasteiger partial charge is 0.268 e. The molecular weight excluding hydrogens is 428 g/mol. The molecular formula is C24H28N2O5S. The van der Waals surface area contributed by atoms with E-state index in [0.29, 0.717) is 29.8 Å². The lowest BCUT2D eigenvalue weighted by molar-refractivity contribution is -0.141. The molecule has 32 heavy (non-hydrogen) atoms. The van der Waals surface area contributed by atoms with Crippen LogP contribution >= 0.6 is 11.3 Å². The van der Waals surface area contributed by atoms with Crippen LogP contribution in [-0.2, 0) is 22.3 Å². The second-order valence-electron chi connectivity index (χ2n) is 8.29. The van der Waals surface area contributed by atoms with Crippen LogP contribution in [0.25, 0.3) is 22.2 Å². The van der Waals surface area contributed by atoms with Gasteiger partial charge in [0, 0.05) is 5.56 Å². The second-order valence-corrected chi connectivity index (χ2v) is 9.38. The van der Waals surface area contributed by atoms with Crippen LogP contribution in [0.1, 0.15) is 54.1 Å². The van der Waals surface area contributed by atoms with E-state index in [1.165, 1.54) is 11.3 Å². The molecule has 2 aromatic heterocycles. The largest absolute Gasteiger partial charge is 0.490 e. The Morgan fingerprint density at radius 3 is 2.62 bits per heavy atom. The Kier molecular flexibility index (Phi) is 6.46. The number of hydrogen-bond acceptors (Lipinski definition) is 8. The SMILES string of the molecule is CCc1cc(-c2nc(-c3cc(C)c(OCC4COC(C)(C)O4)c(CC)c3)no2)sc1C=O. The van der Waals surface area contributed by atoms with Gasteiger partial charge in [0.1, 0.15) is 18.5 Å². The van der Waals surface area contributed by atoms with Gasteiger partial charge >= 0.3 is 0 Å². The molecule has 1 fully saturated rings. The zero-order valence-electron chi connectivity index (χ0n) is 19.1. The van der Waals surface area contributed by atoms with Crippen molar-refractivity contribution in [3.63, 3.8) is 0 Å². The molecule has 8 heteroatoms. The fourth-order valence-electron chi connectivity index (χ4n) is 3.83. The third-order valence-electron chi connectivity index (χ3n) is 5.44. The van der Waals surface area contributed by atoms with E-state index in [4.69, 9.17) is 18.7 Å². The lowest BCUT2D eigenvalue weighted by atomic mass is 10.0. The maximum atomic E-state index is 11.3. The minimum absolute atomic E-state index is 0.0939. The van der Waals surface area contributed by atoms with Crippen molar-refractivity contribution >= 4 is 17.6 Å². The molecule has 7 nitrogen and oxygen atoms in total. The van der Waals surface area contributed by atoms with Gasteiger partial charge in [-0.1, -0.05) is 19.0 Å². The molecule has 3 aromatic rings. The molecule has 170 valence electrons. The molecule has 3 heterocycles. The molecule has 1 unspecified atom stereocenters. The number of aryl methyl sites for hydroxylation is 3. The topological polar surface area (TPSA) is 83.7 Å². The van der Waals surface area contributed by atoms with Gasteiger partial charge in [0.15, 0.2) is 12.1 Å². The summed E-state index contributed by atoms with van der Waals surface area (Å²) in [5.41, 5.74) is 3.92. The van der Waals surface area contributed by atoms with Crippen molar-refractivity contribution in [1.82, 2.24) is 10.1 Å². The minimum atomic E-state index is -0.566.